The van der Waals surface area contributed by atoms with Crippen molar-refractivity contribution in [3.8, 4) is 5.75 Å². The maximum absolute atomic E-state index is 11.4. The summed E-state index contributed by atoms with van der Waals surface area (Å²) in [6.45, 7) is 5.00. The van der Waals surface area contributed by atoms with Gasteiger partial charge < -0.3 is 9.72 Å². The molecule has 0 spiro atoms. The van der Waals surface area contributed by atoms with E-state index in [4.69, 9.17) is 4.74 Å². The Morgan fingerprint density at radius 3 is 2.88 bits per heavy atom. The van der Waals surface area contributed by atoms with Crippen LogP contribution in [0.4, 0.5) is 0 Å². The molecule has 90 valence electrons. The first-order chi connectivity index (χ1) is 7.77. The largest absolute Gasteiger partial charge is 0.488 e. The molecule has 0 saturated heterocycles. The van der Waals surface area contributed by atoms with Crippen molar-refractivity contribution in [3.05, 3.63) is 28.7 Å². The zero-order chi connectivity index (χ0) is 11.8. The first-order valence-corrected chi connectivity index (χ1v) is 6.08. The zero-order valence-corrected chi connectivity index (χ0v) is 10.2. The average Bonchev–Trinajstić information content (AvgIpc) is 2.31. The van der Waals surface area contributed by atoms with Crippen LogP contribution in [0.25, 0.3) is 0 Å². The van der Waals surface area contributed by atoms with Crippen molar-refractivity contribution in [3.63, 3.8) is 0 Å². The first kappa shape index (κ1) is 12.8. The monoisotopic (exact) mass is 223 g/mol. The predicted molar refractivity (Wildman–Crippen MR) is 65.9 cm³/mol. The molecule has 1 heterocycles. The number of aromatic nitrogens is 1. The van der Waals surface area contributed by atoms with Crippen LogP contribution in [0.3, 0.4) is 0 Å². The number of ether oxygens (including phenoxy) is 1. The minimum atomic E-state index is -0.146. The Morgan fingerprint density at radius 1 is 1.44 bits per heavy atom. The number of aromatic amines is 1. The van der Waals surface area contributed by atoms with Gasteiger partial charge in [0.05, 0.1) is 6.61 Å². The summed E-state index contributed by atoms with van der Waals surface area (Å²) in [4.78, 5) is 14.0. The van der Waals surface area contributed by atoms with Gasteiger partial charge in [0.1, 0.15) is 0 Å². The molecule has 1 aromatic rings. The molecule has 0 aliphatic rings. The van der Waals surface area contributed by atoms with Crippen molar-refractivity contribution in [1.29, 1.82) is 0 Å². The summed E-state index contributed by atoms with van der Waals surface area (Å²) in [5.41, 5.74) is -0.146. The lowest BCUT2D eigenvalue weighted by molar-refractivity contribution is 0.230. The summed E-state index contributed by atoms with van der Waals surface area (Å²) in [5, 5.41) is 0. The van der Waals surface area contributed by atoms with Crippen LogP contribution in [0.1, 0.15) is 39.5 Å². The fraction of sp³-hybridized carbons (Fsp3) is 0.615. The van der Waals surface area contributed by atoms with Crippen LogP contribution in [0.2, 0.25) is 0 Å². The van der Waals surface area contributed by atoms with Crippen LogP contribution < -0.4 is 10.3 Å². The van der Waals surface area contributed by atoms with Crippen molar-refractivity contribution < 1.29 is 4.74 Å². The van der Waals surface area contributed by atoms with Crippen molar-refractivity contribution >= 4 is 0 Å². The van der Waals surface area contributed by atoms with Crippen LogP contribution in [-0.2, 0) is 0 Å². The quantitative estimate of drug-likeness (QED) is 0.772. The minimum absolute atomic E-state index is 0.146. The van der Waals surface area contributed by atoms with E-state index in [1.165, 1.54) is 19.3 Å². The summed E-state index contributed by atoms with van der Waals surface area (Å²) in [6, 6.07) is 3.50. The lowest BCUT2D eigenvalue weighted by Crippen LogP contribution is -2.16. The predicted octanol–water partition coefficient (Wildman–Crippen LogP) is 2.97. The van der Waals surface area contributed by atoms with Gasteiger partial charge in [-0.15, -0.1) is 0 Å². The van der Waals surface area contributed by atoms with Gasteiger partial charge >= 0.3 is 0 Å². The lowest BCUT2D eigenvalue weighted by atomic mass is 10.0. The Balaban J connectivity index is 2.43. The Morgan fingerprint density at radius 2 is 2.25 bits per heavy atom. The fourth-order valence-corrected chi connectivity index (χ4v) is 1.63. The molecule has 0 saturated carbocycles. The van der Waals surface area contributed by atoms with Gasteiger partial charge in [-0.25, -0.2) is 0 Å². The van der Waals surface area contributed by atoms with E-state index in [9.17, 15) is 4.79 Å². The molecule has 16 heavy (non-hydrogen) atoms. The second-order valence-corrected chi connectivity index (χ2v) is 4.09. The molecule has 1 unspecified atom stereocenters. The number of hydrogen-bond donors (Lipinski definition) is 1. The smallest absolute Gasteiger partial charge is 0.290 e. The maximum Gasteiger partial charge on any atom is 0.290 e. The normalized spacial score (nSPS) is 12.4. The molecule has 0 aromatic carbocycles. The second-order valence-electron chi connectivity index (χ2n) is 4.09. The topological polar surface area (TPSA) is 42.1 Å². The minimum Gasteiger partial charge on any atom is -0.488 e. The van der Waals surface area contributed by atoms with E-state index in [-0.39, 0.29) is 5.56 Å². The number of nitrogens with one attached hydrogen (secondary N) is 1. The van der Waals surface area contributed by atoms with Gasteiger partial charge in [-0.3, -0.25) is 4.79 Å². The highest BCUT2D eigenvalue weighted by Crippen LogP contribution is 2.13. The van der Waals surface area contributed by atoms with E-state index in [1.54, 1.807) is 18.3 Å². The van der Waals surface area contributed by atoms with Gasteiger partial charge in [-0.2, -0.15) is 0 Å². The molecule has 0 amide bonds. The molecule has 3 heteroatoms. The van der Waals surface area contributed by atoms with E-state index in [1.807, 2.05) is 0 Å². The van der Waals surface area contributed by atoms with E-state index >= 15 is 0 Å². The van der Waals surface area contributed by atoms with Crippen molar-refractivity contribution in [2.75, 3.05) is 6.61 Å². The summed E-state index contributed by atoms with van der Waals surface area (Å²) >= 11 is 0. The highest BCUT2D eigenvalue weighted by Gasteiger charge is 2.07. The number of pyridine rings is 1. The van der Waals surface area contributed by atoms with Gasteiger partial charge in [-0.1, -0.05) is 33.1 Å². The van der Waals surface area contributed by atoms with Crippen LogP contribution in [-0.4, -0.2) is 11.6 Å². The number of rotatable bonds is 7. The standard InChI is InChI=1S/C13H21NO2/c1-3-5-7-11(4-2)10-16-12-8-6-9-14-13(12)15/h6,8-9,11H,3-5,7,10H2,1-2H3,(H,14,15). The number of hydrogen-bond acceptors (Lipinski definition) is 2. The van der Waals surface area contributed by atoms with Crippen molar-refractivity contribution in [2.45, 2.75) is 39.5 Å². The lowest BCUT2D eigenvalue weighted by Gasteiger charge is -2.14. The van der Waals surface area contributed by atoms with E-state index in [0.717, 1.165) is 6.42 Å². The third-order valence-corrected chi connectivity index (χ3v) is 2.80. The fourth-order valence-electron chi connectivity index (χ4n) is 1.63. The van der Waals surface area contributed by atoms with E-state index < -0.39 is 0 Å². The SMILES string of the molecule is CCCCC(CC)COc1ccc[nH]c1=O. The van der Waals surface area contributed by atoms with Gasteiger partial charge in [0.15, 0.2) is 5.75 Å². The summed E-state index contributed by atoms with van der Waals surface area (Å²) in [5.74, 6) is 0.983. The second kappa shape index (κ2) is 7.09. The third-order valence-electron chi connectivity index (χ3n) is 2.80. The molecule has 1 rings (SSSR count). The van der Waals surface area contributed by atoms with Crippen LogP contribution in [0, 0.1) is 5.92 Å². The molecular formula is C13H21NO2. The molecule has 0 radical (unpaired) electrons. The van der Waals surface area contributed by atoms with Gasteiger partial charge in [0, 0.05) is 6.20 Å². The number of H-pyrrole nitrogens is 1. The third kappa shape index (κ3) is 4.09. The summed E-state index contributed by atoms with van der Waals surface area (Å²) < 4.78 is 5.54. The maximum atomic E-state index is 11.4. The Kier molecular flexibility index (Phi) is 5.68. The first-order valence-electron chi connectivity index (χ1n) is 6.08. The van der Waals surface area contributed by atoms with E-state index in [2.05, 4.69) is 18.8 Å². The highest BCUT2D eigenvalue weighted by atomic mass is 16.5. The molecule has 0 bridgehead atoms. The number of unbranched alkanes of at least 4 members (excludes halogenated alkanes) is 1. The highest BCUT2D eigenvalue weighted by molar-refractivity contribution is 5.15. The molecule has 1 aromatic heterocycles. The molecule has 0 aliphatic carbocycles. The molecule has 0 fully saturated rings. The van der Waals surface area contributed by atoms with Crippen molar-refractivity contribution in [1.82, 2.24) is 4.98 Å². The molecule has 1 N–H and O–H groups in total. The Bertz CT molecular complexity index is 346. The van der Waals surface area contributed by atoms with Gasteiger partial charge in [0.2, 0.25) is 0 Å². The Hall–Kier alpha value is -1.25. The Labute approximate surface area is 96.8 Å². The molecule has 3 nitrogen and oxygen atoms in total. The summed E-state index contributed by atoms with van der Waals surface area (Å²) in [7, 11) is 0. The summed E-state index contributed by atoms with van der Waals surface area (Å²) in [6.07, 6.45) is 6.33. The molecular weight excluding hydrogens is 202 g/mol. The average molecular weight is 223 g/mol. The molecule has 1 atom stereocenters. The van der Waals surface area contributed by atoms with Gasteiger partial charge in [0.25, 0.3) is 5.56 Å². The van der Waals surface area contributed by atoms with Crippen LogP contribution in [0.15, 0.2) is 23.1 Å². The van der Waals surface area contributed by atoms with Crippen LogP contribution >= 0.6 is 0 Å². The molecule has 0 aliphatic heterocycles. The van der Waals surface area contributed by atoms with Crippen LogP contribution in [0.5, 0.6) is 5.75 Å². The van der Waals surface area contributed by atoms with E-state index in [0.29, 0.717) is 18.3 Å². The van der Waals surface area contributed by atoms with Crippen molar-refractivity contribution in [2.24, 2.45) is 5.92 Å². The zero-order valence-electron chi connectivity index (χ0n) is 10.2. The van der Waals surface area contributed by atoms with Gasteiger partial charge in [-0.05, 0) is 24.5 Å².